The van der Waals surface area contributed by atoms with Crippen molar-refractivity contribution in [1.29, 1.82) is 0 Å². The van der Waals surface area contributed by atoms with Gasteiger partial charge in [0, 0.05) is 23.6 Å². The monoisotopic (exact) mass is 312 g/mol. The number of hydrogen-bond donors (Lipinski definition) is 2. The number of carbonyl (C=O) groups is 2. The molecular formula is C15H18ClFN2O2. The molecule has 1 aromatic rings. The highest BCUT2D eigenvalue weighted by Crippen LogP contribution is 2.27. The molecule has 2 N–H and O–H groups in total. The summed E-state index contributed by atoms with van der Waals surface area (Å²) in [5.41, 5.74) is 0.403. The summed E-state index contributed by atoms with van der Waals surface area (Å²) in [6, 6.07) is 3.97. The molecule has 0 saturated carbocycles. The minimum Gasteiger partial charge on any atom is -0.355 e. The molecular weight excluding hydrogens is 295 g/mol. The summed E-state index contributed by atoms with van der Waals surface area (Å²) in [7, 11) is 0. The van der Waals surface area contributed by atoms with Crippen LogP contribution in [-0.4, -0.2) is 18.4 Å². The fourth-order valence-corrected chi connectivity index (χ4v) is 2.58. The Kier molecular flexibility index (Phi) is 4.83. The highest BCUT2D eigenvalue weighted by molar-refractivity contribution is 6.30. The van der Waals surface area contributed by atoms with Crippen LogP contribution in [0.4, 0.5) is 4.39 Å². The fourth-order valence-electron chi connectivity index (χ4n) is 2.42. The molecule has 2 atom stereocenters. The molecule has 21 heavy (non-hydrogen) atoms. The van der Waals surface area contributed by atoms with Gasteiger partial charge in [-0.3, -0.25) is 9.59 Å². The van der Waals surface area contributed by atoms with E-state index in [0.717, 1.165) is 0 Å². The topological polar surface area (TPSA) is 58.2 Å². The van der Waals surface area contributed by atoms with E-state index in [0.29, 0.717) is 17.1 Å². The SMILES string of the molecule is CC(C)[C@H](NC(=O)[C@@H]1CNC(=O)C1)c1ccc(Cl)cc1F. The largest absolute Gasteiger partial charge is 0.355 e. The maximum absolute atomic E-state index is 14.0. The van der Waals surface area contributed by atoms with Crippen LogP contribution in [0.1, 0.15) is 31.9 Å². The van der Waals surface area contributed by atoms with E-state index < -0.39 is 17.8 Å². The molecule has 0 spiro atoms. The summed E-state index contributed by atoms with van der Waals surface area (Å²) >= 11 is 5.75. The van der Waals surface area contributed by atoms with Gasteiger partial charge in [0.1, 0.15) is 5.82 Å². The lowest BCUT2D eigenvalue weighted by Gasteiger charge is -2.24. The highest BCUT2D eigenvalue weighted by Gasteiger charge is 2.30. The van der Waals surface area contributed by atoms with Crippen LogP contribution < -0.4 is 10.6 Å². The zero-order valence-corrected chi connectivity index (χ0v) is 12.7. The Bertz CT molecular complexity index is 563. The number of carbonyl (C=O) groups excluding carboxylic acids is 2. The first kappa shape index (κ1) is 15.8. The van der Waals surface area contributed by atoms with Crippen LogP contribution in [0.25, 0.3) is 0 Å². The summed E-state index contributed by atoms with van der Waals surface area (Å²) in [6.07, 6.45) is 0.180. The summed E-state index contributed by atoms with van der Waals surface area (Å²) in [6.45, 7) is 4.13. The molecule has 2 amide bonds. The first-order valence-corrected chi connectivity index (χ1v) is 7.28. The van der Waals surface area contributed by atoms with E-state index in [2.05, 4.69) is 10.6 Å². The molecule has 2 rings (SSSR count). The average molecular weight is 313 g/mol. The van der Waals surface area contributed by atoms with Crippen molar-refractivity contribution in [2.45, 2.75) is 26.3 Å². The van der Waals surface area contributed by atoms with Gasteiger partial charge in [0.15, 0.2) is 0 Å². The van der Waals surface area contributed by atoms with Gasteiger partial charge in [0.2, 0.25) is 11.8 Å². The Labute approximate surface area is 128 Å². The van der Waals surface area contributed by atoms with Crippen LogP contribution >= 0.6 is 11.6 Å². The smallest absolute Gasteiger partial charge is 0.225 e. The van der Waals surface area contributed by atoms with E-state index in [1.165, 1.54) is 6.07 Å². The molecule has 0 radical (unpaired) electrons. The number of benzene rings is 1. The van der Waals surface area contributed by atoms with Gasteiger partial charge >= 0.3 is 0 Å². The van der Waals surface area contributed by atoms with Gasteiger partial charge in [-0.1, -0.05) is 31.5 Å². The molecule has 0 unspecified atom stereocenters. The number of nitrogens with one attached hydrogen (secondary N) is 2. The van der Waals surface area contributed by atoms with E-state index in [9.17, 15) is 14.0 Å². The molecule has 0 aliphatic carbocycles. The second kappa shape index (κ2) is 6.43. The van der Waals surface area contributed by atoms with Crippen molar-refractivity contribution in [1.82, 2.24) is 10.6 Å². The predicted octanol–water partition coefficient (Wildman–Crippen LogP) is 2.43. The maximum atomic E-state index is 14.0. The number of hydrogen-bond acceptors (Lipinski definition) is 2. The predicted molar refractivity (Wildman–Crippen MR) is 78.2 cm³/mol. The minimum absolute atomic E-state index is 0.00897. The molecule has 1 aliphatic rings. The summed E-state index contributed by atoms with van der Waals surface area (Å²) in [5, 5.41) is 5.78. The lowest BCUT2D eigenvalue weighted by molar-refractivity contribution is -0.127. The highest BCUT2D eigenvalue weighted by atomic mass is 35.5. The lowest BCUT2D eigenvalue weighted by atomic mass is 9.94. The van der Waals surface area contributed by atoms with Crippen molar-refractivity contribution in [3.8, 4) is 0 Å². The van der Waals surface area contributed by atoms with Gasteiger partial charge in [-0.2, -0.15) is 0 Å². The van der Waals surface area contributed by atoms with E-state index in [4.69, 9.17) is 11.6 Å². The summed E-state index contributed by atoms with van der Waals surface area (Å²) in [5.74, 6) is -1.19. The molecule has 4 nitrogen and oxygen atoms in total. The van der Waals surface area contributed by atoms with Crippen LogP contribution in [0.5, 0.6) is 0 Å². The van der Waals surface area contributed by atoms with Crippen molar-refractivity contribution in [3.63, 3.8) is 0 Å². The Balaban J connectivity index is 2.16. The van der Waals surface area contributed by atoms with Gasteiger partial charge in [0.05, 0.1) is 12.0 Å². The minimum atomic E-state index is -0.453. The fraction of sp³-hybridized carbons (Fsp3) is 0.467. The van der Waals surface area contributed by atoms with Crippen molar-refractivity contribution in [2.24, 2.45) is 11.8 Å². The molecule has 1 aliphatic heterocycles. The Morgan fingerprint density at radius 3 is 2.71 bits per heavy atom. The van der Waals surface area contributed by atoms with E-state index in [1.54, 1.807) is 12.1 Å². The van der Waals surface area contributed by atoms with Crippen molar-refractivity contribution in [3.05, 3.63) is 34.6 Å². The Morgan fingerprint density at radius 2 is 2.19 bits per heavy atom. The number of amides is 2. The first-order valence-electron chi connectivity index (χ1n) is 6.90. The molecule has 1 heterocycles. The van der Waals surface area contributed by atoms with Gasteiger partial charge in [0.25, 0.3) is 0 Å². The molecule has 1 saturated heterocycles. The van der Waals surface area contributed by atoms with Crippen molar-refractivity contribution >= 4 is 23.4 Å². The number of halogens is 2. The summed E-state index contributed by atoms with van der Waals surface area (Å²) < 4.78 is 14.0. The third-order valence-corrected chi connectivity index (χ3v) is 3.85. The van der Waals surface area contributed by atoms with E-state index >= 15 is 0 Å². The third-order valence-electron chi connectivity index (χ3n) is 3.61. The van der Waals surface area contributed by atoms with Gasteiger partial charge in [-0.15, -0.1) is 0 Å². The van der Waals surface area contributed by atoms with Gasteiger partial charge < -0.3 is 10.6 Å². The Morgan fingerprint density at radius 1 is 1.48 bits per heavy atom. The molecule has 0 bridgehead atoms. The maximum Gasteiger partial charge on any atom is 0.225 e. The lowest BCUT2D eigenvalue weighted by Crippen LogP contribution is -2.37. The number of rotatable bonds is 4. The second-order valence-electron chi connectivity index (χ2n) is 5.60. The zero-order chi connectivity index (χ0) is 15.6. The van der Waals surface area contributed by atoms with Gasteiger partial charge in [-0.05, 0) is 18.1 Å². The van der Waals surface area contributed by atoms with E-state index in [1.807, 2.05) is 13.8 Å². The van der Waals surface area contributed by atoms with Crippen molar-refractivity contribution in [2.75, 3.05) is 6.54 Å². The van der Waals surface area contributed by atoms with Crippen LogP contribution in [0.2, 0.25) is 5.02 Å². The first-order chi connectivity index (χ1) is 9.88. The Hall–Kier alpha value is -1.62. The van der Waals surface area contributed by atoms with Crippen LogP contribution in [0.15, 0.2) is 18.2 Å². The molecule has 114 valence electrons. The average Bonchev–Trinajstić information content (AvgIpc) is 2.83. The van der Waals surface area contributed by atoms with Crippen molar-refractivity contribution < 1.29 is 14.0 Å². The third kappa shape index (κ3) is 3.73. The van der Waals surface area contributed by atoms with Crippen LogP contribution in [-0.2, 0) is 9.59 Å². The quantitative estimate of drug-likeness (QED) is 0.897. The summed E-state index contributed by atoms with van der Waals surface area (Å²) in [4.78, 5) is 23.4. The van der Waals surface area contributed by atoms with Crippen LogP contribution in [0, 0.1) is 17.7 Å². The molecule has 1 aromatic carbocycles. The molecule has 6 heteroatoms. The van der Waals surface area contributed by atoms with Gasteiger partial charge in [-0.25, -0.2) is 4.39 Å². The van der Waals surface area contributed by atoms with E-state index in [-0.39, 0.29) is 24.2 Å². The second-order valence-corrected chi connectivity index (χ2v) is 6.04. The standard InChI is InChI=1S/C15H18ClFN2O2/c1-8(2)14(11-4-3-10(16)6-12(11)17)19-15(21)9-5-13(20)18-7-9/h3-4,6,8-9,14H,5,7H2,1-2H3,(H,18,20)(H,19,21)/t9-,14-/m0/s1. The van der Waals surface area contributed by atoms with Crippen LogP contribution in [0.3, 0.4) is 0 Å². The zero-order valence-electron chi connectivity index (χ0n) is 12.0. The molecule has 1 fully saturated rings. The normalized spacial score (nSPS) is 19.5. The molecule has 0 aromatic heterocycles.